The Balaban J connectivity index is 0.00000220. The SMILES string of the molecule is C=C(C)CNC(N)=NCc1cccc(-c2ncn[nH]2)c1.I. The van der Waals surface area contributed by atoms with Gasteiger partial charge in [0.1, 0.15) is 6.33 Å². The Bertz CT molecular complexity index is 606. The van der Waals surface area contributed by atoms with Gasteiger partial charge in [0.15, 0.2) is 11.8 Å². The van der Waals surface area contributed by atoms with E-state index in [4.69, 9.17) is 5.73 Å². The number of halogens is 1. The lowest BCUT2D eigenvalue weighted by molar-refractivity contribution is 0.940. The third-order valence-electron chi connectivity index (χ3n) is 2.62. The van der Waals surface area contributed by atoms with Gasteiger partial charge in [0.2, 0.25) is 0 Å². The van der Waals surface area contributed by atoms with Gasteiger partial charge in [0, 0.05) is 12.1 Å². The van der Waals surface area contributed by atoms with Crippen LogP contribution >= 0.6 is 24.0 Å². The minimum atomic E-state index is 0. The molecule has 21 heavy (non-hydrogen) atoms. The Labute approximate surface area is 141 Å². The van der Waals surface area contributed by atoms with E-state index in [1.165, 1.54) is 6.33 Å². The molecule has 0 saturated heterocycles. The van der Waals surface area contributed by atoms with Crippen molar-refractivity contribution in [2.24, 2.45) is 10.7 Å². The molecule has 112 valence electrons. The summed E-state index contributed by atoms with van der Waals surface area (Å²) in [6, 6.07) is 7.93. The van der Waals surface area contributed by atoms with E-state index in [-0.39, 0.29) is 24.0 Å². The zero-order chi connectivity index (χ0) is 14.4. The number of aromatic nitrogens is 3. The maximum atomic E-state index is 5.77. The van der Waals surface area contributed by atoms with Crippen molar-refractivity contribution in [3.05, 3.63) is 48.3 Å². The van der Waals surface area contributed by atoms with Gasteiger partial charge in [-0.2, -0.15) is 5.10 Å². The summed E-state index contributed by atoms with van der Waals surface area (Å²) in [6.45, 7) is 6.87. The monoisotopic (exact) mass is 398 g/mol. The number of aliphatic imine (C=N–C) groups is 1. The molecular weight excluding hydrogens is 379 g/mol. The molecule has 0 atom stereocenters. The average molecular weight is 398 g/mol. The van der Waals surface area contributed by atoms with E-state index >= 15 is 0 Å². The molecule has 0 aliphatic carbocycles. The Morgan fingerprint density at radius 3 is 2.95 bits per heavy atom. The fraction of sp³-hybridized carbons (Fsp3) is 0.214. The summed E-state index contributed by atoms with van der Waals surface area (Å²) in [5.41, 5.74) is 8.81. The van der Waals surface area contributed by atoms with Crippen molar-refractivity contribution in [3.63, 3.8) is 0 Å². The summed E-state index contributed by atoms with van der Waals surface area (Å²) in [6.07, 6.45) is 1.49. The molecule has 6 nitrogen and oxygen atoms in total. The van der Waals surface area contributed by atoms with E-state index in [1.54, 1.807) is 0 Å². The number of nitrogens with one attached hydrogen (secondary N) is 2. The van der Waals surface area contributed by atoms with E-state index in [9.17, 15) is 0 Å². The molecule has 1 aromatic carbocycles. The van der Waals surface area contributed by atoms with Crippen molar-refractivity contribution >= 4 is 29.9 Å². The van der Waals surface area contributed by atoms with Gasteiger partial charge >= 0.3 is 0 Å². The van der Waals surface area contributed by atoms with Crippen LogP contribution in [0.2, 0.25) is 0 Å². The van der Waals surface area contributed by atoms with Gasteiger partial charge in [-0.15, -0.1) is 24.0 Å². The standard InChI is InChI=1S/C14H18N6.HI/c1-10(2)7-16-14(15)17-8-11-4-3-5-12(6-11)13-18-9-19-20-13;/h3-6,9H,1,7-8H2,2H3,(H3,15,16,17)(H,18,19,20);1H. The fourth-order valence-corrected chi connectivity index (χ4v) is 1.64. The molecule has 0 bridgehead atoms. The first-order chi connectivity index (χ1) is 9.65. The van der Waals surface area contributed by atoms with E-state index in [2.05, 4.69) is 32.1 Å². The predicted molar refractivity (Wildman–Crippen MR) is 95.4 cm³/mol. The number of rotatable bonds is 5. The van der Waals surface area contributed by atoms with Gasteiger partial charge in [0.05, 0.1) is 6.54 Å². The quantitative estimate of drug-likeness (QED) is 0.311. The number of nitrogens with zero attached hydrogens (tertiary/aromatic N) is 3. The van der Waals surface area contributed by atoms with E-state index in [0.29, 0.717) is 19.0 Å². The van der Waals surface area contributed by atoms with Crippen molar-refractivity contribution in [2.45, 2.75) is 13.5 Å². The highest BCUT2D eigenvalue weighted by atomic mass is 127. The molecule has 0 spiro atoms. The van der Waals surface area contributed by atoms with Crippen molar-refractivity contribution < 1.29 is 0 Å². The van der Waals surface area contributed by atoms with Gasteiger partial charge in [-0.05, 0) is 18.6 Å². The first-order valence-electron chi connectivity index (χ1n) is 6.28. The summed E-state index contributed by atoms with van der Waals surface area (Å²) < 4.78 is 0. The summed E-state index contributed by atoms with van der Waals surface area (Å²) in [4.78, 5) is 8.41. The first kappa shape index (κ1) is 17.2. The Morgan fingerprint density at radius 2 is 2.29 bits per heavy atom. The second-order valence-corrected chi connectivity index (χ2v) is 4.55. The van der Waals surface area contributed by atoms with Crippen LogP contribution in [-0.4, -0.2) is 27.7 Å². The molecule has 2 aromatic rings. The first-order valence-corrected chi connectivity index (χ1v) is 6.28. The molecule has 0 fully saturated rings. The molecule has 0 radical (unpaired) electrons. The van der Waals surface area contributed by atoms with Gasteiger partial charge < -0.3 is 11.1 Å². The van der Waals surface area contributed by atoms with Crippen molar-refractivity contribution in [1.29, 1.82) is 0 Å². The fourth-order valence-electron chi connectivity index (χ4n) is 1.64. The second kappa shape index (κ2) is 8.40. The lowest BCUT2D eigenvalue weighted by Crippen LogP contribution is -2.32. The molecule has 0 aliphatic heterocycles. The van der Waals surface area contributed by atoms with Crippen molar-refractivity contribution in [2.75, 3.05) is 6.54 Å². The smallest absolute Gasteiger partial charge is 0.189 e. The van der Waals surface area contributed by atoms with Crippen LogP contribution in [0.25, 0.3) is 11.4 Å². The zero-order valence-electron chi connectivity index (χ0n) is 11.8. The van der Waals surface area contributed by atoms with E-state index < -0.39 is 0 Å². The van der Waals surface area contributed by atoms with Gasteiger partial charge in [-0.25, -0.2) is 9.98 Å². The molecule has 2 rings (SSSR count). The van der Waals surface area contributed by atoms with Crippen molar-refractivity contribution in [3.8, 4) is 11.4 Å². The van der Waals surface area contributed by atoms with Crippen LogP contribution in [0.5, 0.6) is 0 Å². The van der Waals surface area contributed by atoms with Gasteiger partial charge in [-0.1, -0.05) is 30.4 Å². The Morgan fingerprint density at radius 1 is 1.48 bits per heavy atom. The minimum absolute atomic E-state index is 0. The number of hydrogen-bond donors (Lipinski definition) is 3. The highest BCUT2D eigenvalue weighted by Gasteiger charge is 2.01. The molecule has 0 unspecified atom stereocenters. The second-order valence-electron chi connectivity index (χ2n) is 4.55. The number of nitrogens with two attached hydrogens (primary N) is 1. The highest BCUT2D eigenvalue weighted by Crippen LogP contribution is 2.15. The maximum absolute atomic E-state index is 5.77. The van der Waals surface area contributed by atoms with Crippen molar-refractivity contribution in [1.82, 2.24) is 20.5 Å². The molecular formula is C14H19IN6. The summed E-state index contributed by atoms with van der Waals surface area (Å²) in [5, 5.41) is 9.67. The summed E-state index contributed by atoms with van der Waals surface area (Å²) >= 11 is 0. The normalized spacial score (nSPS) is 10.8. The van der Waals surface area contributed by atoms with Crippen LogP contribution in [0.3, 0.4) is 0 Å². The van der Waals surface area contributed by atoms with Crippen LogP contribution in [0.1, 0.15) is 12.5 Å². The third-order valence-corrected chi connectivity index (χ3v) is 2.62. The van der Waals surface area contributed by atoms with Crippen LogP contribution in [0.4, 0.5) is 0 Å². The van der Waals surface area contributed by atoms with Crippen LogP contribution in [0.15, 0.2) is 47.7 Å². The number of aromatic amines is 1. The largest absolute Gasteiger partial charge is 0.370 e. The summed E-state index contributed by atoms with van der Waals surface area (Å²) in [7, 11) is 0. The summed E-state index contributed by atoms with van der Waals surface area (Å²) in [5.74, 6) is 1.15. The molecule has 1 aromatic heterocycles. The number of hydrogen-bond acceptors (Lipinski definition) is 3. The molecule has 0 aliphatic rings. The molecule has 0 amide bonds. The van der Waals surface area contributed by atoms with Gasteiger partial charge in [0.25, 0.3) is 0 Å². The number of H-pyrrole nitrogens is 1. The van der Waals surface area contributed by atoms with E-state index in [0.717, 1.165) is 22.5 Å². The number of guanidine groups is 1. The van der Waals surface area contributed by atoms with Crippen LogP contribution in [0, 0.1) is 0 Å². The minimum Gasteiger partial charge on any atom is -0.370 e. The molecule has 7 heteroatoms. The molecule has 4 N–H and O–H groups in total. The lowest BCUT2D eigenvalue weighted by Gasteiger charge is -2.05. The average Bonchev–Trinajstić information content (AvgIpc) is 2.97. The topological polar surface area (TPSA) is 92.0 Å². The Hall–Kier alpha value is -1.90. The number of benzene rings is 1. The van der Waals surface area contributed by atoms with Gasteiger partial charge in [-0.3, -0.25) is 5.10 Å². The Kier molecular flexibility index (Phi) is 6.86. The third kappa shape index (κ3) is 5.54. The maximum Gasteiger partial charge on any atom is 0.189 e. The van der Waals surface area contributed by atoms with Crippen LogP contribution < -0.4 is 11.1 Å². The molecule has 0 saturated carbocycles. The van der Waals surface area contributed by atoms with E-state index in [1.807, 2.05) is 31.2 Å². The highest BCUT2D eigenvalue weighted by molar-refractivity contribution is 14.0. The zero-order valence-corrected chi connectivity index (χ0v) is 14.2. The lowest BCUT2D eigenvalue weighted by atomic mass is 10.1. The van der Waals surface area contributed by atoms with Crippen LogP contribution in [-0.2, 0) is 6.54 Å². The molecule has 1 heterocycles. The predicted octanol–water partition coefficient (Wildman–Crippen LogP) is 2.07.